The molecule has 0 aliphatic carbocycles. The van der Waals surface area contributed by atoms with Crippen molar-refractivity contribution in [2.45, 2.75) is 25.9 Å². The first-order valence-electron chi connectivity index (χ1n) is 5.10. The van der Waals surface area contributed by atoms with E-state index in [9.17, 15) is 0 Å². The van der Waals surface area contributed by atoms with Gasteiger partial charge >= 0.3 is 0 Å². The van der Waals surface area contributed by atoms with Crippen LogP contribution in [0, 0.1) is 0 Å². The Morgan fingerprint density at radius 3 is 2.50 bits per heavy atom. The number of hydrogen-bond donors (Lipinski definition) is 0. The van der Waals surface area contributed by atoms with Crippen LogP contribution in [0.15, 0.2) is 12.3 Å². The van der Waals surface area contributed by atoms with Gasteiger partial charge in [0, 0.05) is 6.54 Å². The second-order valence-corrected chi connectivity index (χ2v) is 3.62. The fourth-order valence-corrected chi connectivity index (χ4v) is 1.11. The second-order valence-electron chi connectivity index (χ2n) is 3.62. The fraction of sp³-hybridized carbons (Fsp3) is 0.818. The first-order valence-corrected chi connectivity index (χ1v) is 5.10. The summed E-state index contributed by atoms with van der Waals surface area (Å²) >= 11 is 0. The third-order valence-electron chi connectivity index (χ3n) is 2.03. The van der Waals surface area contributed by atoms with Crippen LogP contribution in [-0.2, 0) is 9.47 Å². The summed E-state index contributed by atoms with van der Waals surface area (Å²) in [6, 6.07) is 0. The van der Waals surface area contributed by atoms with Crippen LogP contribution >= 0.6 is 0 Å². The molecule has 0 spiro atoms. The third-order valence-corrected chi connectivity index (χ3v) is 2.03. The molecule has 0 aliphatic rings. The van der Waals surface area contributed by atoms with Gasteiger partial charge in [0.1, 0.15) is 11.9 Å². The zero-order chi connectivity index (χ0) is 11.0. The van der Waals surface area contributed by atoms with Crippen LogP contribution in [0.2, 0.25) is 0 Å². The summed E-state index contributed by atoms with van der Waals surface area (Å²) < 4.78 is 10.8. The summed E-state index contributed by atoms with van der Waals surface area (Å²) in [7, 11) is 5.70. The number of rotatable bonds is 8. The Balaban J connectivity index is 3.78. The van der Waals surface area contributed by atoms with Gasteiger partial charge in [-0.25, -0.2) is 0 Å². The lowest BCUT2D eigenvalue weighted by Gasteiger charge is -2.19. The van der Waals surface area contributed by atoms with Crippen LogP contribution in [0.5, 0.6) is 0 Å². The van der Waals surface area contributed by atoms with Gasteiger partial charge in [-0.1, -0.05) is 19.9 Å². The van der Waals surface area contributed by atoms with Crippen molar-refractivity contribution in [1.82, 2.24) is 4.90 Å². The molecule has 0 aromatic heterocycles. The zero-order valence-electron chi connectivity index (χ0n) is 9.88. The molecule has 0 rings (SSSR count). The van der Waals surface area contributed by atoms with E-state index in [1.165, 1.54) is 0 Å². The number of methoxy groups -OCH3 is 1. The van der Waals surface area contributed by atoms with Gasteiger partial charge in [-0.2, -0.15) is 0 Å². The molecule has 0 aliphatic heterocycles. The van der Waals surface area contributed by atoms with Gasteiger partial charge in [0.15, 0.2) is 0 Å². The lowest BCUT2D eigenvalue weighted by Crippen LogP contribution is -2.23. The molecule has 1 unspecified atom stereocenters. The van der Waals surface area contributed by atoms with Gasteiger partial charge in [-0.15, -0.1) is 0 Å². The van der Waals surface area contributed by atoms with Crippen LogP contribution < -0.4 is 0 Å². The lowest BCUT2D eigenvalue weighted by molar-refractivity contribution is 0.0279. The van der Waals surface area contributed by atoms with Crippen LogP contribution in [-0.4, -0.2) is 45.4 Å². The van der Waals surface area contributed by atoms with Crippen molar-refractivity contribution in [3.63, 3.8) is 0 Å². The van der Waals surface area contributed by atoms with Gasteiger partial charge in [0.2, 0.25) is 0 Å². The number of nitrogens with zero attached hydrogens (tertiary/aromatic N) is 1. The summed E-state index contributed by atoms with van der Waals surface area (Å²) in [5.41, 5.74) is 0. The maximum absolute atomic E-state index is 5.68. The molecule has 84 valence electrons. The number of hydrogen-bond acceptors (Lipinski definition) is 3. The Morgan fingerprint density at radius 1 is 1.43 bits per heavy atom. The van der Waals surface area contributed by atoms with Gasteiger partial charge in [0.25, 0.3) is 0 Å². The molecule has 0 saturated carbocycles. The summed E-state index contributed by atoms with van der Waals surface area (Å²) in [6.45, 7) is 7.61. The van der Waals surface area contributed by atoms with E-state index < -0.39 is 0 Å². The molecule has 0 amide bonds. The molecular formula is C11H23NO2. The molecule has 3 heteroatoms. The molecule has 1 atom stereocenters. The lowest BCUT2D eigenvalue weighted by atomic mass is 10.2. The highest BCUT2D eigenvalue weighted by Gasteiger charge is 2.12. The van der Waals surface area contributed by atoms with Crippen molar-refractivity contribution in [1.29, 1.82) is 0 Å². The van der Waals surface area contributed by atoms with E-state index >= 15 is 0 Å². The van der Waals surface area contributed by atoms with Crippen LogP contribution in [0.25, 0.3) is 0 Å². The van der Waals surface area contributed by atoms with E-state index in [1.807, 2.05) is 14.1 Å². The molecule has 0 aromatic rings. The van der Waals surface area contributed by atoms with Gasteiger partial charge in [-0.3, -0.25) is 0 Å². The molecular weight excluding hydrogens is 178 g/mol. The molecule has 0 N–H and O–H groups in total. The first-order chi connectivity index (χ1) is 6.61. The minimum absolute atomic E-state index is 0.0462. The van der Waals surface area contributed by atoms with E-state index in [2.05, 4.69) is 18.4 Å². The quantitative estimate of drug-likeness (QED) is 0.560. The molecule has 0 heterocycles. The Morgan fingerprint density at radius 2 is 2.07 bits per heavy atom. The fourth-order valence-electron chi connectivity index (χ4n) is 1.11. The van der Waals surface area contributed by atoms with Crippen molar-refractivity contribution in [2.24, 2.45) is 0 Å². The predicted octanol–water partition coefficient (Wildman–Crippen LogP) is 1.89. The summed E-state index contributed by atoms with van der Waals surface area (Å²) in [5, 5.41) is 0. The van der Waals surface area contributed by atoms with Crippen molar-refractivity contribution >= 4 is 0 Å². The average molecular weight is 201 g/mol. The first kappa shape index (κ1) is 13.5. The van der Waals surface area contributed by atoms with E-state index in [0.717, 1.165) is 31.8 Å². The number of likely N-dealkylation sites (N-methyl/N-ethyl adjacent to an activating group) is 1. The maximum atomic E-state index is 5.68. The van der Waals surface area contributed by atoms with Crippen LogP contribution in [0.4, 0.5) is 0 Å². The minimum atomic E-state index is 0.0462. The van der Waals surface area contributed by atoms with E-state index in [1.54, 1.807) is 7.11 Å². The molecule has 0 saturated heterocycles. The molecule has 0 bridgehead atoms. The largest absolute Gasteiger partial charge is 0.499 e. The number of ether oxygens (including phenoxy) is 2. The Kier molecular flexibility index (Phi) is 7.52. The van der Waals surface area contributed by atoms with Crippen molar-refractivity contribution in [3.8, 4) is 0 Å². The van der Waals surface area contributed by atoms with Crippen LogP contribution in [0.1, 0.15) is 19.8 Å². The second kappa shape index (κ2) is 7.83. The summed E-state index contributed by atoms with van der Waals surface area (Å²) in [5.74, 6) is 0.727. The van der Waals surface area contributed by atoms with E-state index in [4.69, 9.17) is 9.47 Å². The van der Waals surface area contributed by atoms with E-state index in [0.29, 0.717) is 0 Å². The van der Waals surface area contributed by atoms with Crippen molar-refractivity contribution < 1.29 is 9.47 Å². The highest BCUT2D eigenvalue weighted by atomic mass is 16.5. The SMILES string of the molecule is C=C(OC)C(CCC)OCCN(C)C. The van der Waals surface area contributed by atoms with Gasteiger partial charge < -0.3 is 14.4 Å². The molecule has 14 heavy (non-hydrogen) atoms. The van der Waals surface area contributed by atoms with Crippen molar-refractivity contribution in [2.75, 3.05) is 34.4 Å². The Labute approximate surface area is 87.7 Å². The smallest absolute Gasteiger partial charge is 0.117 e. The molecule has 0 radical (unpaired) electrons. The predicted molar refractivity (Wildman–Crippen MR) is 59.4 cm³/mol. The molecule has 0 fully saturated rings. The highest BCUT2D eigenvalue weighted by Crippen LogP contribution is 2.11. The van der Waals surface area contributed by atoms with Gasteiger partial charge in [-0.05, 0) is 20.5 Å². The summed E-state index contributed by atoms with van der Waals surface area (Å²) in [6.07, 6.45) is 2.10. The maximum Gasteiger partial charge on any atom is 0.117 e. The van der Waals surface area contributed by atoms with E-state index in [-0.39, 0.29) is 6.10 Å². The monoisotopic (exact) mass is 201 g/mol. The third kappa shape index (κ3) is 6.00. The van der Waals surface area contributed by atoms with Crippen molar-refractivity contribution in [3.05, 3.63) is 12.3 Å². The Bertz CT molecular complexity index is 157. The highest BCUT2D eigenvalue weighted by molar-refractivity contribution is 4.92. The van der Waals surface area contributed by atoms with Crippen LogP contribution in [0.3, 0.4) is 0 Å². The Hall–Kier alpha value is -0.540. The standard InChI is InChI=1S/C11H23NO2/c1-6-7-11(10(2)13-5)14-9-8-12(3)4/h11H,2,6-9H2,1,3-5H3. The molecule has 0 aromatic carbocycles. The minimum Gasteiger partial charge on any atom is -0.499 e. The summed E-state index contributed by atoms with van der Waals surface area (Å²) in [4.78, 5) is 2.10. The average Bonchev–Trinajstić information content (AvgIpc) is 2.15. The van der Waals surface area contributed by atoms with Gasteiger partial charge in [0.05, 0.1) is 13.7 Å². The topological polar surface area (TPSA) is 21.7 Å². The zero-order valence-corrected chi connectivity index (χ0v) is 9.88. The normalized spacial score (nSPS) is 12.9. The molecule has 3 nitrogen and oxygen atoms in total.